The largest absolute Gasteiger partial charge is 0.483 e. The van der Waals surface area contributed by atoms with E-state index in [1.54, 1.807) is 24.3 Å². The second kappa shape index (κ2) is 10.8. The number of nitro groups is 1. The van der Waals surface area contributed by atoms with Gasteiger partial charge in [-0.15, -0.1) is 0 Å². The van der Waals surface area contributed by atoms with Crippen molar-refractivity contribution in [1.29, 1.82) is 0 Å². The standard InChI is InChI=1S/C19H15Br2N5O6/c20-12-4-5-15(14(21)9-12)31-10-16(27)22-6-7-23-18(28)19-24-17(25-32-19)11-2-1-3-13(8-11)26(29)30/h1-5,8-9H,6-7,10H2,(H,22,27)(H,23,28). The van der Waals surface area contributed by atoms with E-state index in [4.69, 9.17) is 9.26 Å². The van der Waals surface area contributed by atoms with Crippen molar-refractivity contribution in [1.82, 2.24) is 20.8 Å². The predicted octanol–water partition coefficient (Wildman–Crippen LogP) is 3.09. The average molecular weight is 569 g/mol. The van der Waals surface area contributed by atoms with Gasteiger partial charge >= 0.3 is 11.8 Å². The highest BCUT2D eigenvalue weighted by atomic mass is 79.9. The van der Waals surface area contributed by atoms with Crippen LogP contribution in [0.2, 0.25) is 0 Å². The van der Waals surface area contributed by atoms with Crippen molar-refractivity contribution in [3.8, 4) is 17.1 Å². The van der Waals surface area contributed by atoms with Crippen molar-refractivity contribution in [3.05, 3.63) is 67.4 Å². The van der Waals surface area contributed by atoms with Gasteiger partial charge in [-0.3, -0.25) is 19.7 Å². The number of carbonyl (C=O) groups is 2. The summed E-state index contributed by atoms with van der Waals surface area (Å²) in [6.45, 7) is 0.0762. The summed E-state index contributed by atoms with van der Waals surface area (Å²) in [6, 6.07) is 10.9. The minimum atomic E-state index is -0.640. The van der Waals surface area contributed by atoms with E-state index in [-0.39, 0.29) is 43.0 Å². The Labute approximate surface area is 197 Å². The number of nitrogens with one attached hydrogen (secondary N) is 2. The van der Waals surface area contributed by atoms with E-state index in [0.29, 0.717) is 15.8 Å². The Balaban J connectivity index is 1.43. The summed E-state index contributed by atoms with van der Waals surface area (Å²) in [4.78, 5) is 38.3. The fraction of sp³-hybridized carbons (Fsp3) is 0.158. The van der Waals surface area contributed by atoms with Gasteiger partial charge < -0.3 is 19.9 Å². The van der Waals surface area contributed by atoms with Gasteiger partial charge in [0, 0.05) is 35.3 Å². The zero-order valence-corrected chi connectivity index (χ0v) is 19.4. The molecule has 0 saturated heterocycles. The van der Waals surface area contributed by atoms with Gasteiger partial charge in [0.1, 0.15) is 5.75 Å². The predicted molar refractivity (Wildman–Crippen MR) is 119 cm³/mol. The third-order valence-corrected chi connectivity index (χ3v) is 5.03. The molecule has 3 aromatic rings. The van der Waals surface area contributed by atoms with E-state index in [1.165, 1.54) is 18.2 Å². The minimum Gasteiger partial charge on any atom is -0.483 e. The van der Waals surface area contributed by atoms with Crippen LogP contribution in [0.5, 0.6) is 5.75 Å². The van der Waals surface area contributed by atoms with Crippen molar-refractivity contribution >= 4 is 49.4 Å². The van der Waals surface area contributed by atoms with E-state index in [1.807, 2.05) is 0 Å². The van der Waals surface area contributed by atoms with Gasteiger partial charge in [-0.2, -0.15) is 4.98 Å². The molecule has 0 saturated carbocycles. The number of non-ortho nitro benzene ring substituents is 1. The maximum Gasteiger partial charge on any atom is 0.316 e. The fourth-order valence-electron chi connectivity index (χ4n) is 2.43. The number of nitrogens with zero attached hydrogens (tertiary/aromatic N) is 3. The molecule has 11 nitrogen and oxygen atoms in total. The van der Waals surface area contributed by atoms with Crippen LogP contribution in [0.3, 0.4) is 0 Å². The summed E-state index contributed by atoms with van der Waals surface area (Å²) >= 11 is 6.67. The van der Waals surface area contributed by atoms with Gasteiger partial charge in [0.15, 0.2) is 6.61 Å². The molecule has 2 N–H and O–H groups in total. The molecule has 1 aromatic heterocycles. The van der Waals surface area contributed by atoms with E-state index in [9.17, 15) is 19.7 Å². The number of benzene rings is 2. The van der Waals surface area contributed by atoms with Crippen LogP contribution in [-0.4, -0.2) is 46.6 Å². The van der Waals surface area contributed by atoms with Crippen LogP contribution in [0, 0.1) is 10.1 Å². The smallest absolute Gasteiger partial charge is 0.316 e. The van der Waals surface area contributed by atoms with Gasteiger partial charge in [0.05, 0.1) is 9.40 Å². The number of carbonyl (C=O) groups excluding carboxylic acids is 2. The zero-order valence-electron chi connectivity index (χ0n) is 16.2. The Bertz CT molecular complexity index is 1150. The first-order chi connectivity index (χ1) is 15.3. The van der Waals surface area contributed by atoms with Gasteiger partial charge in [-0.25, -0.2) is 0 Å². The second-order valence-electron chi connectivity index (χ2n) is 6.20. The Morgan fingerprint density at radius 3 is 2.66 bits per heavy atom. The molecule has 0 aliphatic heterocycles. The molecule has 0 unspecified atom stereocenters. The van der Waals surface area contributed by atoms with Crippen LogP contribution in [0.15, 0.2) is 55.9 Å². The minimum absolute atomic E-state index is 0.0448. The average Bonchev–Trinajstić information content (AvgIpc) is 3.26. The van der Waals surface area contributed by atoms with Crippen molar-refractivity contribution in [2.75, 3.05) is 19.7 Å². The molecule has 0 bridgehead atoms. The molecular formula is C19H15Br2N5O6. The van der Waals surface area contributed by atoms with Crippen molar-refractivity contribution in [2.45, 2.75) is 0 Å². The zero-order chi connectivity index (χ0) is 23.1. The van der Waals surface area contributed by atoms with Crippen LogP contribution in [0.4, 0.5) is 5.69 Å². The van der Waals surface area contributed by atoms with Crippen LogP contribution in [0.25, 0.3) is 11.4 Å². The number of ether oxygens (including phenoxy) is 1. The normalized spacial score (nSPS) is 10.4. The summed E-state index contributed by atoms with van der Waals surface area (Å²) in [5.74, 6) is -0.740. The summed E-state index contributed by atoms with van der Waals surface area (Å²) in [5.41, 5.74) is 0.206. The van der Waals surface area contributed by atoms with Crippen molar-refractivity contribution in [2.24, 2.45) is 0 Å². The molecule has 0 spiro atoms. The second-order valence-corrected chi connectivity index (χ2v) is 7.97. The first kappa shape index (κ1) is 23.3. The fourth-order valence-corrected chi connectivity index (χ4v) is 3.59. The molecule has 0 atom stereocenters. The van der Waals surface area contributed by atoms with Gasteiger partial charge in [-0.1, -0.05) is 33.2 Å². The first-order valence-electron chi connectivity index (χ1n) is 9.05. The number of halogens is 2. The lowest BCUT2D eigenvalue weighted by Crippen LogP contribution is -2.36. The third-order valence-electron chi connectivity index (χ3n) is 3.92. The number of hydrogen-bond donors (Lipinski definition) is 2. The molecule has 3 rings (SSSR count). The number of amides is 2. The first-order valence-corrected chi connectivity index (χ1v) is 10.6. The van der Waals surface area contributed by atoms with Crippen LogP contribution >= 0.6 is 31.9 Å². The molecule has 2 amide bonds. The number of nitro benzene ring substituents is 1. The van der Waals surface area contributed by atoms with Crippen molar-refractivity contribution < 1.29 is 23.8 Å². The molecule has 166 valence electrons. The Morgan fingerprint density at radius 2 is 1.91 bits per heavy atom. The summed E-state index contributed by atoms with van der Waals surface area (Å²) in [6.07, 6.45) is 0. The molecule has 1 heterocycles. The molecule has 32 heavy (non-hydrogen) atoms. The highest BCUT2D eigenvalue weighted by Gasteiger charge is 2.17. The Hall–Kier alpha value is -3.32. The van der Waals surface area contributed by atoms with E-state index >= 15 is 0 Å². The molecule has 2 aromatic carbocycles. The van der Waals surface area contributed by atoms with Crippen LogP contribution in [-0.2, 0) is 4.79 Å². The number of aromatic nitrogens is 2. The maximum absolute atomic E-state index is 12.1. The lowest BCUT2D eigenvalue weighted by molar-refractivity contribution is -0.384. The lowest BCUT2D eigenvalue weighted by Gasteiger charge is -2.09. The van der Waals surface area contributed by atoms with Gasteiger partial charge in [0.25, 0.3) is 11.6 Å². The number of rotatable bonds is 9. The topological polar surface area (TPSA) is 149 Å². The van der Waals surface area contributed by atoms with E-state index in [2.05, 4.69) is 52.6 Å². The quantitative estimate of drug-likeness (QED) is 0.227. The molecular weight excluding hydrogens is 554 g/mol. The van der Waals surface area contributed by atoms with Crippen LogP contribution < -0.4 is 15.4 Å². The monoisotopic (exact) mass is 567 g/mol. The van der Waals surface area contributed by atoms with E-state index < -0.39 is 10.8 Å². The third kappa shape index (κ3) is 6.34. The summed E-state index contributed by atoms with van der Waals surface area (Å²) < 4.78 is 11.9. The van der Waals surface area contributed by atoms with Crippen molar-refractivity contribution in [3.63, 3.8) is 0 Å². The summed E-state index contributed by atoms with van der Waals surface area (Å²) in [5, 5.41) is 19.7. The van der Waals surface area contributed by atoms with E-state index in [0.717, 1.165) is 4.47 Å². The highest BCUT2D eigenvalue weighted by Crippen LogP contribution is 2.28. The highest BCUT2D eigenvalue weighted by molar-refractivity contribution is 9.11. The molecule has 13 heteroatoms. The maximum atomic E-state index is 12.1. The van der Waals surface area contributed by atoms with Crippen LogP contribution in [0.1, 0.15) is 10.7 Å². The summed E-state index contributed by atoms with van der Waals surface area (Å²) in [7, 11) is 0. The lowest BCUT2D eigenvalue weighted by atomic mass is 10.2. The van der Waals surface area contributed by atoms with Gasteiger partial charge in [-0.05, 0) is 34.1 Å². The Morgan fingerprint density at radius 1 is 1.12 bits per heavy atom. The Kier molecular flexibility index (Phi) is 7.89. The molecule has 0 aliphatic rings. The number of hydrogen-bond acceptors (Lipinski definition) is 8. The molecule has 0 radical (unpaired) electrons. The van der Waals surface area contributed by atoms with Gasteiger partial charge in [0.2, 0.25) is 5.82 Å². The molecule has 0 aliphatic carbocycles. The SMILES string of the molecule is O=C(COc1ccc(Br)cc1Br)NCCNC(=O)c1nc(-c2cccc([N+](=O)[O-])c2)no1. The molecule has 0 fully saturated rings.